The second kappa shape index (κ2) is 65.4. The highest BCUT2D eigenvalue weighted by Crippen LogP contribution is 2.45. The molecule has 0 heterocycles. The average Bonchev–Trinajstić information content (AvgIpc) is 2.95. The number of unbranched alkanes of at least 4 members (excludes halogenated alkanes) is 39. The Balaban J connectivity index is 5.25. The van der Waals surface area contributed by atoms with E-state index in [1.54, 1.807) is 0 Å². The van der Waals surface area contributed by atoms with Crippen LogP contribution < -0.4 is 0 Å². The molecule has 5 atom stereocenters. The molecule has 0 aromatic rings. The number of carbonyl (C=O) groups is 4. The van der Waals surface area contributed by atoms with Gasteiger partial charge in [0.2, 0.25) is 0 Å². The van der Waals surface area contributed by atoms with Crippen LogP contribution in [-0.4, -0.2) is 96.7 Å². The Morgan fingerprint density at radius 2 is 0.442 bits per heavy atom. The van der Waals surface area contributed by atoms with Crippen molar-refractivity contribution in [3.05, 3.63) is 0 Å². The van der Waals surface area contributed by atoms with Gasteiger partial charge in [0.1, 0.15) is 19.3 Å². The van der Waals surface area contributed by atoms with Gasteiger partial charge in [-0.3, -0.25) is 37.3 Å². The van der Waals surface area contributed by atoms with Gasteiger partial charge in [0.15, 0.2) is 12.2 Å². The number of hydrogen-bond donors (Lipinski definition) is 3. The van der Waals surface area contributed by atoms with Crippen molar-refractivity contribution in [1.29, 1.82) is 0 Å². The normalized spacial score (nSPS) is 14.1. The average molecular weight is 1400 g/mol. The first-order valence-electron chi connectivity index (χ1n) is 39.2. The molecule has 0 bridgehead atoms. The molecule has 0 radical (unpaired) electrons. The predicted octanol–water partition coefficient (Wildman–Crippen LogP) is 22.0. The fourth-order valence-electron chi connectivity index (χ4n) is 11.6. The van der Waals surface area contributed by atoms with Crippen LogP contribution in [0.1, 0.15) is 383 Å². The molecule has 0 aliphatic rings. The van der Waals surface area contributed by atoms with Crippen molar-refractivity contribution in [2.75, 3.05) is 39.6 Å². The standard InChI is InChI=1S/C76H148O17P2/c1-66(2)52-44-36-28-21-15-11-9-10-12-17-24-32-40-48-56-73(78)86-62-71(92-75(80)58-50-42-33-25-18-14-13-16-22-29-37-45-53-67(3)4)64-90-94(82,83)88-60-70(77)61-89-95(84,85)91-65-72(63-87-74(79)57-49-41-35-27-31-39-47-55-69(7)8)93-76(81)59-51-43-34-26-20-19-23-30-38-46-54-68(5)6/h66-72,77H,9-65H2,1-8H3,(H,82,83)(H,84,85)/t70?,71-,72-/m1/s1. The maximum absolute atomic E-state index is 13.1. The molecule has 0 amide bonds. The first kappa shape index (κ1) is 93.1. The van der Waals surface area contributed by atoms with E-state index >= 15 is 0 Å². The summed E-state index contributed by atoms with van der Waals surface area (Å²) in [6.45, 7) is 14.2. The smallest absolute Gasteiger partial charge is 0.462 e. The Morgan fingerprint density at radius 1 is 0.263 bits per heavy atom. The number of hydrogen-bond acceptors (Lipinski definition) is 15. The minimum absolute atomic E-state index is 0.105. The molecule has 3 N–H and O–H groups in total. The zero-order valence-corrected chi connectivity index (χ0v) is 64.1. The summed E-state index contributed by atoms with van der Waals surface area (Å²) in [5.41, 5.74) is 0. The Bertz CT molecular complexity index is 1870. The Labute approximate surface area is 581 Å². The molecular weight excluding hydrogens is 1250 g/mol. The summed E-state index contributed by atoms with van der Waals surface area (Å²) in [5.74, 6) is 0.912. The molecule has 17 nitrogen and oxygen atoms in total. The summed E-state index contributed by atoms with van der Waals surface area (Å²) in [7, 11) is -9.91. The lowest BCUT2D eigenvalue weighted by Crippen LogP contribution is -2.30. The van der Waals surface area contributed by atoms with Crippen molar-refractivity contribution in [3.8, 4) is 0 Å². The molecule has 564 valence electrons. The van der Waals surface area contributed by atoms with E-state index in [2.05, 4.69) is 55.4 Å². The van der Waals surface area contributed by atoms with Crippen molar-refractivity contribution in [2.24, 2.45) is 23.7 Å². The summed E-state index contributed by atoms with van der Waals surface area (Å²) in [6, 6.07) is 0. The molecule has 0 saturated carbocycles. The van der Waals surface area contributed by atoms with Crippen LogP contribution in [0.25, 0.3) is 0 Å². The van der Waals surface area contributed by atoms with E-state index in [-0.39, 0.29) is 25.7 Å². The van der Waals surface area contributed by atoms with Gasteiger partial charge in [0.05, 0.1) is 26.4 Å². The molecule has 0 saturated heterocycles. The third kappa shape index (κ3) is 70.3. The molecule has 0 fully saturated rings. The number of ether oxygens (including phenoxy) is 4. The van der Waals surface area contributed by atoms with Gasteiger partial charge >= 0.3 is 39.5 Å². The van der Waals surface area contributed by atoms with Gasteiger partial charge in [-0.05, 0) is 49.4 Å². The Morgan fingerprint density at radius 3 is 0.653 bits per heavy atom. The molecule has 3 unspecified atom stereocenters. The highest BCUT2D eigenvalue weighted by Gasteiger charge is 2.30. The molecule has 95 heavy (non-hydrogen) atoms. The van der Waals surface area contributed by atoms with Gasteiger partial charge in [0.25, 0.3) is 0 Å². The topological polar surface area (TPSA) is 237 Å². The van der Waals surface area contributed by atoms with E-state index in [9.17, 15) is 43.2 Å². The molecule has 0 aromatic carbocycles. The molecule has 0 rings (SSSR count). The van der Waals surface area contributed by atoms with Crippen LogP contribution in [0.4, 0.5) is 0 Å². The Hall–Kier alpha value is -1.94. The van der Waals surface area contributed by atoms with Crippen LogP contribution in [0.15, 0.2) is 0 Å². The van der Waals surface area contributed by atoms with Crippen LogP contribution in [0, 0.1) is 23.7 Å². The largest absolute Gasteiger partial charge is 0.472 e. The number of aliphatic hydroxyl groups excluding tert-OH is 1. The third-order valence-corrected chi connectivity index (χ3v) is 19.5. The fraction of sp³-hybridized carbons (Fsp3) is 0.947. The van der Waals surface area contributed by atoms with E-state index in [4.69, 9.17) is 37.0 Å². The van der Waals surface area contributed by atoms with Crippen molar-refractivity contribution in [2.45, 2.75) is 401 Å². The SMILES string of the molecule is CC(C)CCCCCCCCCCCCCCCCC(=O)OC[C@H](COP(=O)(O)OCC(O)COP(=O)(O)OC[C@@H](COC(=O)CCCCCCCCCC(C)C)OC(=O)CCCCCCCCCCCCC(C)C)OC(=O)CCCCCCCCCCCCCCC(C)C. The van der Waals surface area contributed by atoms with Gasteiger partial charge in [-0.25, -0.2) is 9.13 Å². The summed E-state index contributed by atoms with van der Waals surface area (Å²) in [4.78, 5) is 72.8. The molecule has 0 spiro atoms. The van der Waals surface area contributed by atoms with Crippen molar-refractivity contribution in [3.63, 3.8) is 0 Å². The summed E-state index contributed by atoms with van der Waals surface area (Å²) in [5, 5.41) is 10.6. The van der Waals surface area contributed by atoms with Gasteiger partial charge in [-0.2, -0.15) is 0 Å². The molecular formula is C76H148O17P2. The first-order valence-corrected chi connectivity index (χ1v) is 42.2. The van der Waals surface area contributed by atoms with Crippen molar-refractivity contribution < 1.29 is 80.2 Å². The van der Waals surface area contributed by atoms with E-state index in [1.165, 1.54) is 180 Å². The Kier molecular flexibility index (Phi) is 64.0. The number of carbonyl (C=O) groups excluding carboxylic acids is 4. The summed E-state index contributed by atoms with van der Waals surface area (Å²) in [6.07, 6.45) is 50.0. The number of phosphoric acid groups is 2. The van der Waals surface area contributed by atoms with Crippen LogP contribution in [0.3, 0.4) is 0 Å². The monoisotopic (exact) mass is 1400 g/mol. The van der Waals surface area contributed by atoms with E-state index < -0.39 is 97.5 Å². The number of aliphatic hydroxyl groups is 1. The zero-order valence-electron chi connectivity index (χ0n) is 62.3. The highest BCUT2D eigenvalue weighted by molar-refractivity contribution is 7.47. The van der Waals surface area contributed by atoms with Gasteiger partial charge in [0, 0.05) is 25.7 Å². The van der Waals surface area contributed by atoms with E-state index in [0.717, 1.165) is 114 Å². The van der Waals surface area contributed by atoms with Gasteiger partial charge < -0.3 is 33.8 Å². The first-order chi connectivity index (χ1) is 45.6. The van der Waals surface area contributed by atoms with E-state index in [1.807, 2.05) is 0 Å². The van der Waals surface area contributed by atoms with Gasteiger partial charge in [-0.1, -0.05) is 331 Å². The highest BCUT2D eigenvalue weighted by atomic mass is 31.2. The quantitative estimate of drug-likeness (QED) is 0.0222. The lowest BCUT2D eigenvalue weighted by atomic mass is 10.0. The number of esters is 4. The minimum Gasteiger partial charge on any atom is -0.462 e. The maximum atomic E-state index is 13.1. The van der Waals surface area contributed by atoms with E-state index in [0.29, 0.717) is 31.6 Å². The number of phosphoric ester groups is 2. The van der Waals surface area contributed by atoms with Crippen molar-refractivity contribution >= 4 is 39.5 Å². The third-order valence-electron chi connectivity index (χ3n) is 17.6. The van der Waals surface area contributed by atoms with Crippen LogP contribution >= 0.6 is 15.6 Å². The lowest BCUT2D eigenvalue weighted by Gasteiger charge is -2.21. The minimum atomic E-state index is -4.96. The van der Waals surface area contributed by atoms with Crippen LogP contribution in [-0.2, 0) is 65.4 Å². The zero-order chi connectivity index (χ0) is 70.3. The number of rotatable bonds is 73. The second-order valence-corrected chi connectivity index (χ2v) is 32.2. The lowest BCUT2D eigenvalue weighted by molar-refractivity contribution is -0.161. The summed E-state index contributed by atoms with van der Waals surface area (Å²) >= 11 is 0. The summed E-state index contributed by atoms with van der Waals surface area (Å²) < 4.78 is 68.5. The van der Waals surface area contributed by atoms with Gasteiger partial charge in [-0.15, -0.1) is 0 Å². The van der Waals surface area contributed by atoms with Crippen LogP contribution in [0.2, 0.25) is 0 Å². The van der Waals surface area contributed by atoms with Crippen LogP contribution in [0.5, 0.6) is 0 Å². The molecule has 0 aliphatic heterocycles. The second-order valence-electron chi connectivity index (χ2n) is 29.3. The maximum Gasteiger partial charge on any atom is 0.472 e. The fourth-order valence-corrected chi connectivity index (χ4v) is 13.1. The molecule has 0 aliphatic carbocycles. The molecule has 0 aromatic heterocycles. The predicted molar refractivity (Wildman–Crippen MR) is 386 cm³/mol. The van der Waals surface area contributed by atoms with Crippen molar-refractivity contribution in [1.82, 2.24) is 0 Å². The molecule has 19 heteroatoms.